The lowest BCUT2D eigenvalue weighted by atomic mass is 9.83. The summed E-state index contributed by atoms with van der Waals surface area (Å²) in [7, 11) is -0.907. The fraction of sp³-hybridized carbons (Fsp3) is 0.316. The van der Waals surface area contributed by atoms with E-state index in [2.05, 4.69) is 5.32 Å². The van der Waals surface area contributed by atoms with Crippen molar-refractivity contribution in [3.63, 3.8) is 0 Å². The highest BCUT2D eigenvalue weighted by Crippen LogP contribution is 2.27. The van der Waals surface area contributed by atoms with E-state index in [0.717, 1.165) is 22.4 Å². The number of amides is 1. The highest BCUT2D eigenvalue weighted by Gasteiger charge is 2.29. The van der Waals surface area contributed by atoms with Crippen LogP contribution in [0.2, 0.25) is 0 Å². The zero-order valence-corrected chi connectivity index (χ0v) is 14.9. The van der Waals surface area contributed by atoms with Crippen LogP contribution in [0.3, 0.4) is 0 Å². The SMILES string of the molecule is Cc1c(C[S@@](C)=O)cccc1NC(=O)C(C)(C)c1ccccc1. The van der Waals surface area contributed by atoms with Crippen molar-refractivity contribution in [1.29, 1.82) is 0 Å². The molecule has 0 fully saturated rings. The normalized spacial score (nSPS) is 12.7. The summed E-state index contributed by atoms with van der Waals surface area (Å²) in [6.45, 7) is 5.78. The third kappa shape index (κ3) is 4.08. The fourth-order valence-electron chi connectivity index (χ4n) is 2.46. The smallest absolute Gasteiger partial charge is 0.234 e. The van der Waals surface area contributed by atoms with E-state index >= 15 is 0 Å². The van der Waals surface area contributed by atoms with Crippen molar-refractivity contribution < 1.29 is 9.00 Å². The molecule has 0 aliphatic heterocycles. The van der Waals surface area contributed by atoms with E-state index in [1.807, 2.05) is 69.3 Å². The molecule has 0 bridgehead atoms. The topological polar surface area (TPSA) is 46.2 Å². The van der Waals surface area contributed by atoms with E-state index in [0.29, 0.717) is 5.75 Å². The van der Waals surface area contributed by atoms with Gasteiger partial charge in [0.05, 0.1) is 5.41 Å². The molecule has 0 unspecified atom stereocenters. The Morgan fingerprint density at radius 3 is 2.35 bits per heavy atom. The van der Waals surface area contributed by atoms with E-state index in [1.54, 1.807) is 6.26 Å². The molecule has 0 aromatic heterocycles. The molecular formula is C19H23NO2S. The predicted molar refractivity (Wildman–Crippen MR) is 97.0 cm³/mol. The molecule has 2 rings (SSSR count). The van der Waals surface area contributed by atoms with Gasteiger partial charge in [0.25, 0.3) is 0 Å². The van der Waals surface area contributed by atoms with Crippen molar-refractivity contribution in [2.45, 2.75) is 31.9 Å². The number of benzene rings is 2. The molecule has 0 saturated carbocycles. The van der Waals surface area contributed by atoms with Crippen molar-refractivity contribution in [2.24, 2.45) is 0 Å². The first-order valence-electron chi connectivity index (χ1n) is 7.58. The molecule has 0 saturated heterocycles. The monoisotopic (exact) mass is 329 g/mol. The lowest BCUT2D eigenvalue weighted by Crippen LogP contribution is -2.34. The summed E-state index contributed by atoms with van der Waals surface area (Å²) >= 11 is 0. The van der Waals surface area contributed by atoms with Crippen LogP contribution in [0.15, 0.2) is 48.5 Å². The average Bonchev–Trinajstić information content (AvgIpc) is 2.51. The Morgan fingerprint density at radius 2 is 1.74 bits per heavy atom. The van der Waals surface area contributed by atoms with Gasteiger partial charge in [0.2, 0.25) is 5.91 Å². The van der Waals surface area contributed by atoms with Crippen molar-refractivity contribution in [1.82, 2.24) is 0 Å². The molecule has 122 valence electrons. The maximum Gasteiger partial charge on any atom is 0.234 e. The van der Waals surface area contributed by atoms with E-state index in [-0.39, 0.29) is 5.91 Å². The lowest BCUT2D eigenvalue weighted by Gasteiger charge is -2.25. The Kier molecular flexibility index (Phi) is 5.37. The molecule has 2 aromatic carbocycles. The Hall–Kier alpha value is -1.94. The molecule has 1 amide bonds. The van der Waals surface area contributed by atoms with Crippen LogP contribution in [0.4, 0.5) is 5.69 Å². The molecule has 0 spiro atoms. The third-order valence-corrected chi connectivity index (χ3v) is 4.83. The molecule has 0 heterocycles. The van der Waals surface area contributed by atoms with Gasteiger partial charge in [0.1, 0.15) is 0 Å². The van der Waals surface area contributed by atoms with Gasteiger partial charge in [-0.15, -0.1) is 0 Å². The molecular weight excluding hydrogens is 306 g/mol. The second-order valence-electron chi connectivity index (χ2n) is 6.25. The summed E-state index contributed by atoms with van der Waals surface area (Å²) in [5.74, 6) is 0.444. The minimum atomic E-state index is -0.907. The Labute approximate surface area is 140 Å². The summed E-state index contributed by atoms with van der Waals surface area (Å²) in [6, 6.07) is 15.5. The zero-order chi connectivity index (χ0) is 17.0. The Bertz CT molecular complexity index is 723. The maximum atomic E-state index is 12.7. The van der Waals surface area contributed by atoms with Crippen LogP contribution in [0.1, 0.15) is 30.5 Å². The maximum absolute atomic E-state index is 12.7. The number of rotatable bonds is 5. The number of anilines is 1. The largest absolute Gasteiger partial charge is 0.325 e. The second-order valence-corrected chi connectivity index (χ2v) is 7.69. The van der Waals surface area contributed by atoms with E-state index in [1.165, 1.54) is 0 Å². The van der Waals surface area contributed by atoms with Crippen LogP contribution < -0.4 is 5.32 Å². The summed E-state index contributed by atoms with van der Waals surface area (Å²) < 4.78 is 11.5. The Balaban J connectivity index is 2.25. The van der Waals surface area contributed by atoms with Gasteiger partial charge in [0.15, 0.2) is 0 Å². The van der Waals surface area contributed by atoms with Crippen LogP contribution in [-0.4, -0.2) is 16.4 Å². The van der Waals surface area contributed by atoms with Crippen molar-refractivity contribution in [3.8, 4) is 0 Å². The first-order valence-corrected chi connectivity index (χ1v) is 9.30. The molecule has 0 aliphatic rings. The van der Waals surface area contributed by atoms with Gasteiger partial charge < -0.3 is 5.32 Å². The van der Waals surface area contributed by atoms with Crippen molar-refractivity contribution in [2.75, 3.05) is 11.6 Å². The number of nitrogens with one attached hydrogen (secondary N) is 1. The van der Waals surface area contributed by atoms with Crippen LogP contribution in [0.5, 0.6) is 0 Å². The van der Waals surface area contributed by atoms with Crippen LogP contribution >= 0.6 is 0 Å². The quantitative estimate of drug-likeness (QED) is 0.907. The fourth-order valence-corrected chi connectivity index (χ4v) is 3.21. The van der Waals surface area contributed by atoms with Gasteiger partial charge in [-0.25, -0.2) is 0 Å². The first kappa shape index (κ1) is 17.4. The molecule has 4 heteroatoms. The van der Waals surface area contributed by atoms with Crippen molar-refractivity contribution in [3.05, 3.63) is 65.2 Å². The summed E-state index contributed by atoms with van der Waals surface area (Å²) in [5.41, 5.74) is 3.10. The predicted octanol–water partition coefficient (Wildman–Crippen LogP) is 3.79. The number of carbonyl (C=O) groups is 1. The summed E-state index contributed by atoms with van der Waals surface area (Å²) in [4.78, 5) is 12.7. The van der Waals surface area contributed by atoms with Gasteiger partial charge in [-0.1, -0.05) is 42.5 Å². The molecule has 1 atom stereocenters. The number of hydrogen-bond donors (Lipinski definition) is 1. The van der Waals surface area contributed by atoms with Crippen LogP contribution in [0.25, 0.3) is 0 Å². The van der Waals surface area contributed by atoms with Gasteiger partial charge in [-0.05, 0) is 43.5 Å². The molecule has 0 radical (unpaired) electrons. The second kappa shape index (κ2) is 7.09. The highest BCUT2D eigenvalue weighted by molar-refractivity contribution is 7.83. The minimum absolute atomic E-state index is 0.0541. The average molecular weight is 329 g/mol. The standard InChI is InChI=1S/C19H23NO2S/c1-14-15(13-23(4)22)9-8-12-17(14)20-18(21)19(2,3)16-10-6-5-7-11-16/h5-12H,13H2,1-4H3,(H,20,21)/t23-/m1/s1. The first-order chi connectivity index (χ1) is 10.8. The number of carbonyl (C=O) groups excluding carboxylic acids is 1. The highest BCUT2D eigenvalue weighted by atomic mass is 32.2. The summed E-state index contributed by atoms with van der Waals surface area (Å²) in [6.07, 6.45) is 1.68. The van der Waals surface area contributed by atoms with Gasteiger partial charge in [-0.2, -0.15) is 0 Å². The van der Waals surface area contributed by atoms with Gasteiger partial charge in [-0.3, -0.25) is 9.00 Å². The van der Waals surface area contributed by atoms with E-state index < -0.39 is 16.2 Å². The zero-order valence-electron chi connectivity index (χ0n) is 14.1. The Morgan fingerprint density at radius 1 is 1.09 bits per heavy atom. The van der Waals surface area contributed by atoms with Gasteiger partial charge >= 0.3 is 0 Å². The lowest BCUT2D eigenvalue weighted by molar-refractivity contribution is -0.120. The third-order valence-electron chi connectivity index (χ3n) is 4.12. The molecule has 1 N–H and O–H groups in total. The summed E-state index contributed by atoms with van der Waals surface area (Å²) in [5, 5.41) is 3.02. The van der Waals surface area contributed by atoms with Crippen LogP contribution in [0, 0.1) is 6.92 Å². The minimum Gasteiger partial charge on any atom is -0.325 e. The van der Waals surface area contributed by atoms with Crippen LogP contribution in [-0.2, 0) is 26.8 Å². The molecule has 3 nitrogen and oxygen atoms in total. The van der Waals surface area contributed by atoms with E-state index in [9.17, 15) is 9.00 Å². The molecule has 2 aromatic rings. The molecule has 23 heavy (non-hydrogen) atoms. The van der Waals surface area contributed by atoms with Crippen molar-refractivity contribution >= 4 is 22.4 Å². The number of hydrogen-bond acceptors (Lipinski definition) is 2. The van der Waals surface area contributed by atoms with E-state index in [4.69, 9.17) is 0 Å². The molecule has 0 aliphatic carbocycles. The van der Waals surface area contributed by atoms with Gasteiger partial charge in [0, 0.05) is 28.5 Å².